The number of furan rings is 1. The summed E-state index contributed by atoms with van der Waals surface area (Å²) in [4.78, 5) is 12.6. The number of hydrogen-bond donors (Lipinski definition) is 3. The van der Waals surface area contributed by atoms with Gasteiger partial charge in [-0.25, -0.2) is 0 Å². The summed E-state index contributed by atoms with van der Waals surface area (Å²) < 4.78 is 15.5. The van der Waals surface area contributed by atoms with Gasteiger partial charge in [-0.1, -0.05) is 23.7 Å². The Morgan fingerprint density at radius 1 is 1.07 bits per heavy atom. The number of carbonyl (C=O) groups is 1. The Morgan fingerprint density at radius 3 is 2.57 bits per heavy atom. The fourth-order valence-electron chi connectivity index (χ4n) is 2.45. The van der Waals surface area contributed by atoms with E-state index in [0.717, 1.165) is 0 Å². The van der Waals surface area contributed by atoms with E-state index in [0.29, 0.717) is 16.3 Å². The van der Waals surface area contributed by atoms with Gasteiger partial charge in [-0.2, -0.15) is 0 Å². The molecule has 0 bridgehead atoms. The molecular weight excluding hydrogens is 382 g/mol. The molecule has 8 heteroatoms. The Labute approximate surface area is 165 Å². The zero-order valence-corrected chi connectivity index (χ0v) is 15.5. The zero-order valence-electron chi connectivity index (χ0n) is 14.8. The fraction of sp³-hybridized carbons (Fsp3) is 0.0500. The summed E-state index contributed by atoms with van der Waals surface area (Å²) >= 11 is 6.06. The van der Waals surface area contributed by atoms with Crippen LogP contribution in [0.3, 0.4) is 0 Å². The molecule has 1 heterocycles. The number of carbonyl (C=O) groups excluding carboxylic acids is 1. The molecule has 0 aliphatic rings. The first-order valence-electron chi connectivity index (χ1n) is 8.12. The van der Waals surface area contributed by atoms with Crippen LogP contribution < -0.4 is 10.1 Å². The van der Waals surface area contributed by atoms with Crippen LogP contribution in [0.2, 0.25) is 5.02 Å². The van der Waals surface area contributed by atoms with Crippen molar-refractivity contribution in [2.45, 2.75) is 0 Å². The molecule has 1 amide bonds. The van der Waals surface area contributed by atoms with Crippen molar-refractivity contribution in [1.82, 2.24) is 0 Å². The monoisotopic (exact) mass is 397 g/mol. The second-order valence-electron chi connectivity index (χ2n) is 5.59. The lowest BCUT2D eigenvalue weighted by molar-refractivity contribution is 0.102. The number of hydrogen-bond acceptors (Lipinski definition) is 6. The third-order valence-corrected chi connectivity index (χ3v) is 4.05. The Hall–Kier alpha value is -3.58. The lowest BCUT2D eigenvalue weighted by Crippen LogP contribution is -2.15. The number of nitrogens with one attached hydrogen (secondary N) is 3. The molecule has 2 aromatic carbocycles. The van der Waals surface area contributed by atoms with Gasteiger partial charge in [0, 0.05) is 11.3 Å². The van der Waals surface area contributed by atoms with E-state index in [4.69, 9.17) is 36.3 Å². The van der Waals surface area contributed by atoms with Gasteiger partial charge in [0.25, 0.3) is 11.8 Å². The minimum absolute atomic E-state index is 0.210. The van der Waals surface area contributed by atoms with Crippen molar-refractivity contribution in [3.05, 3.63) is 82.8 Å². The Morgan fingerprint density at radius 2 is 1.86 bits per heavy atom. The molecule has 28 heavy (non-hydrogen) atoms. The van der Waals surface area contributed by atoms with E-state index in [9.17, 15) is 4.79 Å². The number of anilines is 1. The second-order valence-corrected chi connectivity index (χ2v) is 6.00. The number of rotatable bonds is 5. The van der Waals surface area contributed by atoms with E-state index < -0.39 is 5.91 Å². The van der Waals surface area contributed by atoms with Gasteiger partial charge in [-0.15, -0.1) is 0 Å². The SMILES string of the molecule is COc1c(Cl)cccc1C(=O)Nc1cccc(C(=N)OC(=N)c2ccco2)c1. The van der Waals surface area contributed by atoms with Gasteiger partial charge in [0.2, 0.25) is 5.90 Å². The summed E-state index contributed by atoms with van der Waals surface area (Å²) in [6, 6.07) is 14.6. The van der Waals surface area contributed by atoms with Crippen LogP contribution in [0.15, 0.2) is 65.3 Å². The first-order valence-corrected chi connectivity index (χ1v) is 8.50. The minimum Gasteiger partial charge on any atom is -0.494 e. The molecule has 0 fully saturated rings. The highest BCUT2D eigenvalue weighted by atomic mass is 35.5. The highest BCUT2D eigenvalue weighted by Crippen LogP contribution is 2.29. The topological polar surface area (TPSA) is 108 Å². The molecule has 0 spiro atoms. The molecule has 0 radical (unpaired) electrons. The van der Waals surface area contributed by atoms with Crippen molar-refractivity contribution < 1.29 is 18.7 Å². The number of ether oxygens (including phenoxy) is 2. The smallest absolute Gasteiger partial charge is 0.259 e. The second kappa shape index (κ2) is 8.41. The molecular formula is C20H16ClN3O4. The van der Waals surface area contributed by atoms with Crippen LogP contribution in [-0.4, -0.2) is 24.8 Å². The van der Waals surface area contributed by atoms with E-state index in [-0.39, 0.29) is 28.9 Å². The minimum atomic E-state index is -0.410. The van der Waals surface area contributed by atoms with Crippen molar-refractivity contribution >= 4 is 35.0 Å². The number of para-hydroxylation sites is 1. The average Bonchev–Trinajstić information content (AvgIpc) is 3.23. The summed E-state index contributed by atoms with van der Waals surface area (Å²) in [5, 5.41) is 18.9. The van der Waals surface area contributed by atoms with Gasteiger partial charge in [-0.05, 0) is 42.5 Å². The van der Waals surface area contributed by atoms with Gasteiger partial charge >= 0.3 is 0 Å². The predicted octanol–water partition coefficient (Wildman–Crippen LogP) is 4.56. The van der Waals surface area contributed by atoms with E-state index >= 15 is 0 Å². The molecule has 0 saturated carbocycles. The van der Waals surface area contributed by atoms with Crippen LogP contribution in [0.1, 0.15) is 21.7 Å². The Kier molecular flexibility index (Phi) is 5.76. The largest absolute Gasteiger partial charge is 0.494 e. The highest BCUT2D eigenvalue weighted by Gasteiger charge is 2.16. The van der Waals surface area contributed by atoms with Crippen LogP contribution in [0.4, 0.5) is 5.69 Å². The fourth-order valence-corrected chi connectivity index (χ4v) is 2.70. The van der Waals surface area contributed by atoms with Crippen molar-refractivity contribution in [3.63, 3.8) is 0 Å². The lowest BCUT2D eigenvalue weighted by atomic mass is 10.1. The van der Waals surface area contributed by atoms with Gasteiger partial charge in [0.15, 0.2) is 5.76 Å². The van der Waals surface area contributed by atoms with Crippen LogP contribution >= 0.6 is 11.6 Å². The standard InChI is InChI=1S/C20H16ClN3O4/c1-26-17-14(7-3-8-15(17)21)20(25)24-13-6-2-5-12(11-13)18(22)28-19(23)16-9-4-10-27-16/h2-11,22-23H,1H3,(H,24,25). The Bertz CT molecular complexity index is 1030. The van der Waals surface area contributed by atoms with Gasteiger partial charge < -0.3 is 19.2 Å². The third kappa shape index (κ3) is 4.21. The van der Waals surface area contributed by atoms with E-state index in [1.807, 2.05) is 0 Å². The van der Waals surface area contributed by atoms with Crippen LogP contribution in [0.25, 0.3) is 0 Å². The maximum absolute atomic E-state index is 12.6. The maximum atomic E-state index is 12.6. The molecule has 7 nitrogen and oxygen atoms in total. The molecule has 0 aliphatic carbocycles. The van der Waals surface area contributed by atoms with E-state index in [2.05, 4.69) is 5.32 Å². The third-order valence-electron chi connectivity index (χ3n) is 3.75. The maximum Gasteiger partial charge on any atom is 0.259 e. The number of benzene rings is 2. The summed E-state index contributed by atoms with van der Waals surface area (Å²) in [6.07, 6.45) is 1.41. The van der Waals surface area contributed by atoms with Crippen molar-refractivity contribution in [1.29, 1.82) is 10.8 Å². The quantitative estimate of drug-likeness (QED) is 0.433. The molecule has 0 aliphatic heterocycles. The average molecular weight is 398 g/mol. The van der Waals surface area contributed by atoms with Gasteiger partial charge in [0.1, 0.15) is 5.75 Å². The highest BCUT2D eigenvalue weighted by molar-refractivity contribution is 6.32. The number of methoxy groups -OCH3 is 1. The molecule has 3 N–H and O–H groups in total. The van der Waals surface area contributed by atoms with Crippen LogP contribution in [-0.2, 0) is 4.74 Å². The normalized spacial score (nSPS) is 10.2. The molecule has 0 atom stereocenters. The van der Waals surface area contributed by atoms with Gasteiger partial charge in [-0.3, -0.25) is 15.6 Å². The molecule has 1 aromatic heterocycles. The Balaban J connectivity index is 1.75. The van der Waals surface area contributed by atoms with Crippen LogP contribution in [0.5, 0.6) is 5.75 Å². The van der Waals surface area contributed by atoms with Crippen LogP contribution in [0, 0.1) is 10.8 Å². The molecule has 3 rings (SSSR count). The number of amides is 1. The number of halogens is 1. The predicted molar refractivity (Wildman–Crippen MR) is 106 cm³/mol. The summed E-state index contributed by atoms with van der Waals surface area (Å²) in [5.74, 6) is -0.457. The van der Waals surface area contributed by atoms with Gasteiger partial charge in [0.05, 0.1) is 24.0 Å². The first-order chi connectivity index (χ1) is 13.5. The molecule has 142 valence electrons. The van der Waals surface area contributed by atoms with E-state index in [1.54, 1.807) is 54.6 Å². The van der Waals surface area contributed by atoms with E-state index in [1.165, 1.54) is 13.4 Å². The molecule has 0 saturated heterocycles. The summed E-state index contributed by atoms with van der Waals surface area (Å²) in [7, 11) is 1.44. The van der Waals surface area contributed by atoms with Crippen molar-refractivity contribution in [3.8, 4) is 5.75 Å². The lowest BCUT2D eigenvalue weighted by Gasteiger charge is -2.12. The summed E-state index contributed by atoms with van der Waals surface area (Å²) in [5.41, 5.74) is 1.11. The van der Waals surface area contributed by atoms with Crippen molar-refractivity contribution in [2.24, 2.45) is 0 Å². The molecule has 0 unspecified atom stereocenters. The molecule has 3 aromatic rings. The van der Waals surface area contributed by atoms with Crippen molar-refractivity contribution in [2.75, 3.05) is 12.4 Å². The summed E-state index contributed by atoms with van der Waals surface area (Å²) in [6.45, 7) is 0. The first kappa shape index (κ1) is 19.2. The zero-order chi connectivity index (χ0) is 20.1.